The van der Waals surface area contributed by atoms with Crippen molar-refractivity contribution >= 4 is 47.2 Å². The van der Waals surface area contributed by atoms with Crippen molar-refractivity contribution in [2.75, 3.05) is 24.2 Å². The smallest absolute Gasteiger partial charge is 0.291 e. The molecule has 6 nitrogen and oxygen atoms in total. The van der Waals surface area contributed by atoms with Crippen LogP contribution in [-0.2, 0) is 4.79 Å². The third-order valence-electron chi connectivity index (χ3n) is 3.19. The number of anilines is 2. The van der Waals surface area contributed by atoms with Crippen LogP contribution in [0, 0.1) is 5.92 Å². The van der Waals surface area contributed by atoms with Gasteiger partial charge < -0.3 is 20.4 Å². The summed E-state index contributed by atoms with van der Waals surface area (Å²) in [5, 5.41) is 8.70. The van der Waals surface area contributed by atoms with Gasteiger partial charge in [-0.2, -0.15) is 0 Å². The quantitative estimate of drug-likeness (QED) is 0.726. The summed E-state index contributed by atoms with van der Waals surface area (Å²) < 4.78 is 5.01. The summed E-state index contributed by atoms with van der Waals surface area (Å²) in [6, 6.07) is 8.07. The number of nitrogens with one attached hydrogen (secondary N) is 3. The van der Waals surface area contributed by atoms with Gasteiger partial charge in [0.05, 0.1) is 17.0 Å². The van der Waals surface area contributed by atoms with Crippen molar-refractivity contribution in [1.82, 2.24) is 5.32 Å². The molecule has 24 heavy (non-hydrogen) atoms. The predicted octanol–water partition coefficient (Wildman–Crippen LogP) is 3.40. The van der Waals surface area contributed by atoms with E-state index < -0.39 is 5.91 Å². The predicted molar refractivity (Wildman–Crippen MR) is 97.1 cm³/mol. The highest BCUT2D eigenvalue weighted by Crippen LogP contribution is 2.26. The Bertz CT molecular complexity index is 690. The standard InChI is InChI=1S/C16H18ClN3O3.ClH/c1-10(9-18-2)15(21)19-11-5-6-13(12(17)8-11)20-16(22)14-4-3-7-23-14;/h3-8,10,18H,9H2,1-2H3,(H,19,21)(H,20,22);1H. The first-order valence-corrected chi connectivity index (χ1v) is 7.49. The number of benzene rings is 1. The number of carbonyl (C=O) groups is 2. The van der Waals surface area contributed by atoms with Crippen molar-refractivity contribution in [3.8, 4) is 0 Å². The third-order valence-corrected chi connectivity index (χ3v) is 3.50. The maximum atomic E-state index is 12.0. The van der Waals surface area contributed by atoms with Gasteiger partial charge in [0.1, 0.15) is 0 Å². The first-order valence-electron chi connectivity index (χ1n) is 7.11. The summed E-state index contributed by atoms with van der Waals surface area (Å²) in [7, 11) is 1.79. The Morgan fingerprint density at radius 1 is 1.25 bits per heavy atom. The maximum absolute atomic E-state index is 12.0. The van der Waals surface area contributed by atoms with Gasteiger partial charge in [0.15, 0.2) is 5.76 Å². The minimum absolute atomic E-state index is 0. The van der Waals surface area contributed by atoms with E-state index in [4.69, 9.17) is 16.0 Å². The minimum Gasteiger partial charge on any atom is -0.459 e. The van der Waals surface area contributed by atoms with Gasteiger partial charge in [-0.3, -0.25) is 9.59 Å². The molecule has 1 atom stereocenters. The fourth-order valence-electron chi connectivity index (χ4n) is 1.95. The molecule has 0 radical (unpaired) electrons. The Balaban J connectivity index is 0.00000288. The van der Waals surface area contributed by atoms with Gasteiger partial charge in [-0.1, -0.05) is 18.5 Å². The molecule has 0 spiro atoms. The largest absolute Gasteiger partial charge is 0.459 e. The van der Waals surface area contributed by atoms with Crippen LogP contribution in [0.4, 0.5) is 11.4 Å². The van der Waals surface area contributed by atoms with Crippen LogP contribution in [0.1, 0.15) is 17.5 Å². The van der Waals surface area contributed by atoms with Gasteiger partial charge in [-0.25, -0.2) is 0 Å². The first-order chi connectivity index (χ1) is 11.0. The van der Waals surface area contributed by atoms with Crippen LogP contribution in [0.2, 0.25) is 5.02 Å². The van der Waals surface area contributed by atoms with E-state index in [1.807, 2.05) is 6.92 Å². The van der Waals surface area contributed by atoms with E-state index in [9.17, 15) is 9.59 Å². The zero-order valence-corrected chi connectivity index (χ0v) is 14.8. The number of rotatable bonds is 6. The second-order valence-corrected chi connectivity index (χ2v) is 5.48. The molecule has 1 heterocycles. The topological polar surface area (TPSA) is 83.4 Å². The zero-order chi connectivity index (χ0) is 16.8. The Hall–Kier alpha value is -2.02. The summed E-state index contributed by atoms with van der Waals surface area (Å²) in [4.78, 5) is 23.9. The minimum atomic E-state index is -0.392. The van der Waals surface area contributed by atoms with Crippen molar-refractivity contribution in [3.05, 3.63) is 47.4 Å². The molecule has 1 aromatic heterocycles. The highest BCUT2D eigenvalue weighted by molar-refractivity contribution is 6.34. The molecule has 130 valence electrons. The Kier molecular flexibility index (Phi) is 7.78. The molecule has 1 unspecified atom stereocenters. The van der Waals surface area contributed by atoms with Crippen molar-refractivity contribution in [1.29, 1.82) is 0 Å². The van der Waals surface area contributed by atoms with E-state index >= 15 is 0 Å². The molecule has 1 aromatic carbocycles. The molecule has 8 heteroatoms. The highest BCUT2D eigenvalue weighted by atomic mass is 35.5. The first kappa shape index (κ1) is 20.0. The van der Waals surface area contributed by atoms with Crippen molar-refractivity contribution in [3.63, 3.8) is 0 Å². The molecule has 0 fully saturated rings. The number of amides is 2. The normalized spacial score (nSPS) is 11.3. The molecule has 3 N–H and O–H groups in total. The highest BCUT2D eigenvalue weighted by Gasteiger charge is 2.14. The summed E-state index contributed by atoms with van der Waals surface area (Å²) >= 11 is 6.15. The molecule has 2 aromatic rings. The van der Waals surface area contributed by atoms with Crippen LogP contribution < -0.4 is 16.0 Å². The van der Waals surface area contributed by atoms with Crippen LogP contribution in [0.25, 0.3) is 0 Å². The fraction of sp³-hybridized carbons (Fsp3) is 0.250. The lowest BCUT2D eigenvalue weighted by Gasteiger charge is -2.13. The van der Waals surface area contributed by atoms with Gasteiger partial charge in [0.2, 0.25) is 5.91 Å². The van der Waals surface area contributed by atoms with Gasteiger partial charge in [0.25, 0.3) is 5.91 Å². The summed E-state index contributed by atoms with van der Waals surface area (Å²) in [5.74, 6) is -0.476. The molecular weight excluding hydrogens is 353 g/mol. The maximum Gasteiger partial charge on any atom is 0.291 e. The van der Waals surface area contributed by atoms with Crippen LogP contribution >= 0.6 is 24.0 Å². The number of hydrogen-bond acceptors (Lipinski definition) is 4. The second kappa shape index (κ2) is 9.32. The summed E-state index contributed by atoms with van der Waals surface area (Å²) in [6.45, 7) is 2.41. The van der Waals surface area contributed by atoms with Crippen molar-refractivity contribution in [2.45, 2.75) is 6.92 Å². The monoisotopic (exact) mass is 371 g/mol. The number of hydrogen-bond donors (Lipinski definition) is 3. The van der Waals surface area contributed by atoms with Crippen molar-refractivity contribution in [2.24, 2.45) is 5.92 Å². The van der Waals surface area contributed by atoms with E-state index in [2.05, 4.69) is 16.0 Å². The van der Waals surface area contributed by atoms with Crippen LogP contribution in [0.15, 0.2) is 41.0 Å². The molecule has 0 saturated carbocycles. The van der Waals surface area contributed by atoms with Gasteiger partial charge in [0, 0.05) is 18.2 Å². The van der Waals surface area contributed by atoms with Gasteiger partial charge in [-0.05, 0) is 37.4 Å². The van der Waals surface area contributed by atoms with Gasteiger partial charge >= 0.3 is 0 Å². The van der Waals surface area contributed by atoms with E-state index in [0.29, 0.717) is 22.9 Å². The molecule has 2 amide bonds. The summed E-state index contributed by atoms with van der Waals surface area (Å²) in [6.07, 6.45) is 1.42. The Morgan fingerprint density at radius 2 is 2.00 bits per heavy atom. The van der Waals surface area contributed by atoms with E-state index in [0.717, 1.165) is 0 Å². The van der Waals surface area contributed by atoms with Crippen molar-refractivity contribution < 1.29 is 14.0 Å². The van der Waals surface area contributed by atoms with E-state index in [1.165, 1.54) is 6.26 Å². The Labute approximate surface area is 151 Å². The summed E-state index contributed by atoms with van der Waals surface area (Å²) in [5.41, 5.74) is 1.01. The second-order valence-electron chi connectivity index (χ2n) is 5.07. The zero-order valence-electron chi connectivity index (χ0n) is 13.3. The lowest BCUT2D eigenvalue weighted by molar-refractivity contribution is -0.119. The number of halogens is 2. The molecule has 0 saturated heterocycles. The van der Waals surface area contributed by atoms with Crippen LogP contribution in [0.3, 0.4) is 0 Å². The molecule has 0 bridgehead atoms. The fourth-order valence-corrected chi connectivity index (χ4v) is 2.18. The SMILES string of the molecule is CNCC(C)C(=O)Nc1ccc(NC(=O)c2ccco2)c(Cl)c1.Cl. The van der Waals surface area contributed by atoms with Crippen LogP contribution in [0.5, 0.6) is 0 Å². The van der Waals surface area contributed by atoms with Crippen LogP contribution in [-0.4, -0.2) is 25.4 Å². The molecule has 2 rings (SSSR count). The molecule has 0 aliphatic heterocycles. The molecule has 0 aliphatic rings. The van der Waals surface area contributed by atoms with E-state index in [-0.39, 0.29) is 30.0 Å². The lowest BCUT2D eigenvalue weighted by Crippen LogP contribution is -2.28. The Morgan fingerprint density at radius 3 is 2.58 bits per heavy atom. The van der Waals surface area contributed by atoms with E-state index in [1.54, 1.807) is 37.4 Å². The average Bonchev–Trinajstić information content (AvgIpc) is 3.04. The van der Waals surface area contributed by atoms with Gasteiger partial charge in [-0.15, -0.1) is 12.4 Å². The third kappa shape index (κ3) is 5.26. The average molecular weight is 372 g/mol. The molecular formula is C16H19Cl2N3O3. The number of furan rings is 1. The number of carbonyl (C=O) groups excluding carboxylic acids is 2. The lowest BCUT2D eigenvalue weighted by atomic mass is 10.1. The molecule has 0 aliphatic carbocycles.